The Balaban J connectivity index is 2.21. The van der Waals surface area contributed by atoms with E-state index in [1.54, 1.807) is 25.3 Å². The molecule has 6 heteroatoms. The van der Waals surface area contributed by atoms with Crippen molar-refractivity contribution in [3.63, 3.8) is 0 Å². The molecule has 2 aromatic rings. The van der Waals surface area contributed by atoms with Gasteiger partial charge in [-0.1, -0.05) is 17.7 Å². The first kappa shape index (κ1) is 15.4. The first-order chi connectivity index (χ1) is 9.51. The molecule has 0 aliphatic rings. The maximum Gasteiger partial charge on any atom is 0.133 e. The average Bonchev–Trinajstić information content (AvgIpc) is 2.38. The molecule has 3 nitrogen and oxygen atoms in total. The number of rotatable bonds is 4. The summed E-state index contributed by atoms with van der Waals surface area (Å²) >= 11 is 9.25. The van der Waals surface area contributed by atoms with Gasteiger partial charge in [-0.05, 0) is 51.8 Å². The van der Waals surface area contributed by atoms with Gasteiger partial charge in [0.2, 0.25) is 0 Å². The van der Waals surface area contributed by atoms with Crippen molar-refractivity contribution in [1.29, 1.82) is 0 Å². The molecule has 0 aliphatic heterocycles. The van der Waals surface area contributed by atoms with Gasteiger partial charge in [-0.3, -0.25) is 4.21 Å². The molecule has 0 saturated carbocycles. The van der Waals surface area contributed by atoms with Crippen LogP contribution in [0.1, 0.15) is 5.56 Å². The van der Waals surface area contributed by atoms with E-state index in [1.807, 2.05) is 18.2 Å². The zero-order chi connectivity index (χ0) is 14.7. The predicted octanol–water partition coefficient (Wildman–Crippen LogP) is 4.00. The fourth-order valence-corrected chi connectivity index (χ4v) is 3.70. The summed E-state index contributed by atoms with van der Waals surface area (Å²) in [7, 11) is 0.387. The van der Waals surface area contributed by atoms with Gasteiger partial charge >= 0.3 is 0 Å². The molecule has 0 heterocycles. The molecule has 0 amide bonds. The van der Waals surface area contributed by atoms with Crippen LogP contribution in [0, 0.1) is 0 Å². The van der Waals surface area contributed by atoms with Crippen molar-refractivity contribution in [2.75, 3.05) is 12.8 Å². The summed E-state index contributed by atoms with van der Waals surface area (Å²) in [5.41, 5.74) is 7.23. The number of ether oxygens (including phenoxy) is 1. The van der Waals surface area contributed by atoms with Crippen molar-refractivity contribution in [2.24, 2.45) is 0 Å². The standard InChI is InChI=1S/C14H13BrClNO2S/c1-19-13-4-2-9(6-11(13)15)8-20(18)14-5-3-10(16)7-12(14)17/h2-7H,8,17H2,1H3. The van der Waals surface area contributed by atoms with E-state index in [-0.39, 0.29) is 0 Å². The van der Waals surface area contributed by atoms with E-state index < -0.39 is 10.8 Å². The topological polar surface area (TPSA) is 52.3 Å². The Morgan fingerprint density at radius 2 is 2.05 bits per heavy atom. The van der Waals surface area contributed by atoms with Crippen molar-refractivity contribution in [3.05, 3.63) is 51.5 Å². The van der Waals surface area contributed by atoms with E-state index >= 15 is 0 Å². The minimum atomic E-state index is -1.22. The lowest BCUT2D eigenvalue weighted by Crippen LogP contribution is -2.01. The fraction of sp³-hybridized carbons (Fsp3) is 0.143. The first-order valence-electron chi connectivity index (χ1n) is 5.77. The monoisotopic (exact) mass is 373 g/mol. The summed E-state index contributed by atoms with van der Waals surface area (Å²) in [6.45, 7) is 0. The maximum atomic E-state index is 12.4. The number of halogens is 2. The highest BCUT2D eigenvalue weighted by molar-refractivity contribution is 9.10. The predicted molar refractivity (Wildman–Crippen MR) is 86.7 cm³/mol. The van der Waals surface area contributed by atoms with Crippen LogP contribution in [0.3, 0.4) is 0 Å². The zero-order valence-electron chi connectivity index (χ0n) is 10.7. The Morgan fingerprint density at radius 1 is 1.30 bits per heavy atom. The van der Waals surface area contributed by atoms with Crippen LogP contribution in [0.25, 0.3) is 0 Å². The molecule has 2 rings (SSSR count). The Bertz CT molecular complexity index is 664. The highest BCUT2D eigenvalue weighted by Crippen LogP contribution is 2.28. The summed E-state index contributed by atoms with van der Waals surface area (Å²) in [5, 5.41) is 0.537. The molecule has 20 heavy (non-hydrogen) atoms. The lowest BCUT2D eigenvalue weighted by molar-refractivity contribution is 0.412. The van der Waals surface area contributed by atoms with Crippen molar-refractivity contribution >= 4 is 44.0 Å². The Hall–Kier alpha value is -1.04. The lowest BCUT2D eigenvalue weighted by atomic mass is 10.2. The van der Waals surface area contributed by atoms with Gasteiger partial charge in [-0.25, -0.2) is 0 Å². The second-order valence-corrected chi connectivity index (χ2v) is 6.85. The van der Waals surface area contributed by atoms with Crippen LogP contribution in [0.15, 0.2) is 45.8 Å². The van der Waals surface area contributed by atoms with E-state index in [0.717, 1.165) is 15.8 Å². The van der Waals surface area contributed by atoms with Crippen LogP contribution in [-0.4, -0.2) is 11.3 Å². The Morgan fingerprint density at radius 3 is 2.65 bits per heavy atom. The van der Waals surface area contributed by atoms with E-state index in [0.29, 0.717) is 21.4 Å². The quantitative estimate of drug-likeness (QED) is 0.823. The molecule has 0 bridgehead atoms. The van der Waals surface area contributed by atoms with Crippen molar-refractivity contribution in [1.82, 2.24) is 0 Å². The maximum absolute atomic E-state index is 12.4. The van der Waals surface area contributed by atoms with E-state index in [2.05, 4.69) is 15.9 Å². The third-order valence-corrected chi connectivity index (χ3v) is 5.04. The molecule has 0 fully saturated rings. The number of hydrogen-bond donors (Lipinski definition) is 1. The molecule has 0 radical (unpaired) electrons. The minimum Gasteiger partial charge on any atom is -0.496 e. The number of nitrogen functional groups attached to an aromatic ring is 1. The molecule has 106 valence electrons. The number of hydrogen-bond acceptors (Lipinski definition) is 3. The summed E-state index contributed by atoms with van der Waals surface area (Å²) in [4.78, 5) is 0.598. The average molecular weight is 375 g/mol. The summed E-state index contributed by atoms with van der Waals surface area (Å²) in [6, 6.07) is 10.6. The molecule has 0 aliphatic carbocycles. The number of benzene rings is 2. The Labute approximate surface area is 133 Å². The van der Waals surface area contributed by atoms with Crippen LogP contribution in [-0.2, 0) is 16.6 Å². The highest BCUT2D eigenvalue weighted by atomic mass is 79.9. The molecule has 2 aromatic carbocycles. The number of nitrogens with two attached hydrogens (primary N) is 1. The third-order valence-electron chi connectivity index (χ3n) is 2.73. The Kier molecular flexibility index (Phi) is 5.07. The number of methoxy groups -OCH3 is 1. The molecular weight excluding hydrogens is 362 g/mol. The van der Waals surface area contributed by atoms with Gasteiger partial charge in [-0.15, -0.1) is 0 Å². The van der Waals surface area contributed by atoms with Crippen molar-refractivity contribution in [2.45, 2.75) is 10.6 Å². The van der Waals surface area contributed by atoms with Gasteiger partial charge in [0.1, 0.15) is 5.75 Å². The second kappa shape index (κ2) is 6.61. The smallest absolute Gasteiger partial charge is 0.133 e. The minimum absolute atomic E-state index is 0.383. The van der Waals surface area contributed by atoms with E-state index in [4.69, 9.17) is 22.1 Å². The van der Waals surface area contributed by atoms with Gasteiger partial charge in [0.05, 0.1) is 33.0 Å². The van der Waals surface area contributed by atoms with Crippen LogP contribution in [0.2, 0.25) is 5.02 Å². The second-order valence-electron chi connectivity index (χ2n) is 4.14. The molecule has 0 aromatic heterocycles. The summed E-state index contributed by atoms with van der Waals surface area (Å²) in [6.07, 6.45) is 0. The highest BCUT2D eigenvalue weighted by Gasteiger charge is 2.10. The molecule has 2 N–H and O–H groups in total. The van der Waals surface area contributed by atoms with Gasteiger partial charge in [0, 0.05) is 10.7 Å². The van der Waals surface area contributed by atoms with Gasteiger partial charge in [0.25, 0.3) is 0 Å². The van der Waals surface area contributed by atoms with E-state index in [9.17, 15) is 4.21 Å². The molecule has 0 saturated heterocycles. The van der Waals surface area contributed by atoms with Crippen LogP contribution in [0.5, 0.6) is 5.75 Å². The van der Waals surface area contributed by atoms with Crippen molar-refractivity contribution < 1.29 is 8.95 Å². The van der Waals surface area contributed by atoms with Gasteiger partial charge in [-0.2, -0.15) is 0 Å². The van der Waals surface area contributed by atoms with Crippen LogP contribution >= 0.6 is 27.5 Å². The van der Waals surface area contributed by atoms with Crippen molar-refractivity contribution in [3.8, 4) is 5.75 Å². The van der Waals surface area contributed by atoms with Gasteiger partial charge in [0.15, 0.2) is 0 Å². The molecule has 0 spiro atoms. The van der Waals surface area contributed by atoms with E-state index in [1.165, 1.54) is 0 Å². The zero-order valence-corrected chi connectivity index (χ0v) is 13.9. The summed E-state index contributed by atoms with van der Waals surface area (Å²) in [5.74, 6) is 1.12. The van der Waals surface area contributed by atoms with Crippen LogP contribution in [0.4, 0.5) is 5.69 Å². The SMILES string of the molecule is COc1ccc(CS(=O)c2ccc(Cl)cc2N)cc1Br. The largest absolute Gasteiger partial charge is 0.496 e. The van der Waals surface area contributed by atoms with Gasteiger partial charge < -0.3 is 10.5 Å². The number of anilines is 1. The molecule has 1 unspecified atom stereocenters. The van der Waals surface area contributed by atoms with Crippen LogP contribution < -0.4 is 10.5 Å². The first-order valence-corrected chi connectivity index (χ1v) is 8.26. The molecular formula is C14H13BrClNO2S. The molecule has 1 atom stereocenters. The summed E-state index contributed by atoms with van der Waals surface area (Å²) < 4.78 is 18.3. The third kappa shape index (κ3) is 3.53. The fourth-order valence-electron chi connectivity index (χ4n) is 1.76. The normalized spacial score (nSPS) is 12.2. The lowest BCUT2D eigenvalue weighted by Gasteiger charge is -2.08.